The Bertz CT molecular complexity index is 1290. The number of fused-ring (bicyclic) bond motifs is 1. The van der Waals surface area contributed by atoms with Crippen molar-refractivity contribution >= 4 is 28.4 Å². The average molecular weight is 428 g/mol. The second-order valence-corrected chi connectivity index (χ2v) is 7.91. The third kappa shape index (κ3) is 4.37. The summed E-state index contributed by atoms with van der Waals surface area (Å²) in [6.45, 7) is 0.633. The Morgan fingerprint density at radius 3 is 2.44 bits per heavy atom. The number of rotatable bonds is 6. The van der Waals surface area contributed by atoms with Crippen LogP contribution in [0.4, 0.5) is 16.0 Å². The minimum atomic E-state index is -0.350. The highest BCUT2D eigenvalue weighted by molar-refractivity contribution is 6.04. The van der Waals surface area contributed by atoms with Gasteiger partial charge in [0.1, 0.15) is 5.82 Å². The number of nitrogens with two attached hydrogens (primary N) is 1. The first kappa shape index (κ1) is 19.9. The molecule has 0 unspecified atom stereocenters. The largest absolute Gasteiger partial charge is 0.477 e. The van der Waals surface area contributed by atoms with E-state index in [0.29, 0.717) is 29.7 Å². The number of carbonyl (C=O) groups is 1. The standard InChI is InChI=1S/C25H21FN4O2/c26-19-8-10-20(11-9-19)28-23(31)17-5-3-16(4-6-17)18-7-12-22-21(13-18)24(30-25(27)29-22)32-14-15-1-2-15/h3-13,15H,1-2,14H2,(H,28,31)(H2,27,29,30). The summed E-state index contributed by atoms with van der Waals surface area (Å²) in [6, 6.07) is 18.7. The summed E-state index contributed by atoms with van der Waals surface area (Å²) in [6.07, 6.45) is 2.37. The second kappa shape index (κ2) is 8.26. The molecule has 0 aliphatic heterocycles. The van der Waals surface area contributed by atoms with Crippen molar-refractivity contribution < 1.29 is 13.9 Å². The molecule has 0 saturated heterocycles. The fraction of sp³-hybridized carbons (Fsp3) is 0.160. The molecule has 4 aromatic rings. The van der Waals surface area contributed by atoms with Crippen LogP contribution in [0.2, 0.25) is 0 Å². The van der Waals surface area contributed by atoms with Gasteiger partial charge in [0.15, 0.2) is 0 Å². The van der Waals surface area contributed by atoms with E-state index in [1.807, 2.05) is 30.3 Å². The van der Waals surface area contributed by atoms with Crippen LogP contribution >= 0.6 is 0 Å². The van der Waals surface area contributed by atoms with E-state index in [4.69, 9.17) is 10.5 Å². The van der Waals surface area contributed by atoms with E-state index in [1.165, 1.54) is 37.1 Å². The molecular weight excluding hydrogens is 407 g/mol. The summed E-state index contributed by atoms with van der Waals surface area (Å²) >= 11 is 0. The molecule has 32 heavy (non-hydrogen) atoms. The van der Waals surface area contributed by atoms with Crippen LogP contribution in [-0.4, -0.2) is 22.5 Å². The molecule has 0 radical (unpaired) electrons. The van der Waals surface area contributed by atoms with Crippen molar-refractivity contribution in [2.24, 2.45) is 5.92 Å². The number of hydrogen-bond donors (Lipinski definition) is 2. The molecule has 3 aromatic carbocycles. The number of hydrogen-bond acceptors (Lipinski definition) is 5. The Balaban J connectivity index is 1.38. The number of carbonyl (C=O) groups excluding carboxylic acids is 1. The number of benzene rings is 3. The molecule has 1 aromatic heterocycles. The van der Waals surface area contributed by atoms with E-state index in [0.717, 1.165) is 22.0 Å². The molecule has 1 fully saturated rings. The van der Waals surface area contributed by atoms with Crippen LogP contribution in [0, 0.1) is 11.7 Å². The number of anilines is 2. The number of aromatic nitrogens is 2. The first-order valence-corrected chi connectivity index (χ1v) is 10.4. The monoisotopic (exact) mass is 428 g/mol. The van der Waals surface area contributed by atoms with Crippen LogP contribution in [0.5, 0.6) is 5.88 Å². The van der Waals surface area contributed by atoms with Crippen molar-refractivity contribution in [3.63, 3.8) is 0 Å². The van der Waals surface area contributed by atoms with Crippen LogP contribution in [0.25, 0.3) is 22.0 Å². The van der Waals surface area contributed by atoms with Crippen LogP contribution in [0.3, 0.4) is 0 Å². The fourth-order valence-corrected chi connectivity index (χ4v) is 3.44. The van der Waals surface area contributed by atoms with Gasteiger partial charge in [-0.2, -0.15) is 4.98 Å². The van der Waals surface area contributed by atoms with Gasteiger partial charge in [-0.15, -0.1) is 0 Å². The molecule has 160 valence electrons. The number of nitrogen functional groups attached to an aromatic ring is 1. The van der Waals surface area contributed by atoms with Crippen molar-refractivity contribution in [3.05, 3.63) is 78.1 Å². The zero-order valence-electron chi connectivity index (χ0n) is 17.2. The highest BCUT2D eigenvalue weighted by Crippen LogP contribution is 2.33. The van der Waals surface area contributed by atoms with Crippen LogP contribution in [-0.2, 0) is 0 Å². The smallest absolute Gasteiger partial charge is 0.255 e. The van der Waals surface area contributed by atoms with Crippen LogP contribution in [0.15, 0.2) is 66.7 Å². The number of nitrogens with one attached hydrogen (secondary N) is 1. The molecule has 1 saturated carbocycles. The zero-order valence-corrected chi connectivity index (χ0v) is 17.2. The Morgan fingerprint density at radius 1 is 1.00 bits per heavy atom. The molecule has 7 heteroatoms. The lowest BCUT2D eigenvalue weighted by Crippen LogP contribution is -2.11. The van der Waals surface area contributed by atoms with Crippen LogP contribution < -0.4 is 15.8 Å². The lowest BCUT2D eigenvalue weighted by atomic mass is 10.0. The fourth-order valence-electron chi connectivity index (χ4n) is 3.44. The third-order valence-corrected chi connectivity index (χ3v) is 5.41. The molecule has 6 nitrogen and oxygen atoms in total. The van der Waals surface area contributed by atoms with Gasteiger partial charge in [-0.05, 0) is 78.4 Å². The van der Waals surface area contributed by atoms with E-state index in [1.54, 1.807) is 12.1 Å². The summed E-state index contributed by atoms with van der Waals surface area (Å²) in [7, 11) is 0. The highest BCUT2D eigenvalue weighted by Gasteiger charge is 2.23. The van der Waals surface area contributed by atoms with Gasteiger partial charge < -0.3 is 15.8 Å². The SMILES string of the molecule is Nc1nc(OCC2CC2)c2cc(-c3ccc(C(=O)Nc4ccc(F)cc4)cc3)ccc2n1. The minimum Gasteiger partial charge on any atom is -0.477 e. The van der Waals surface area contributed by atoms with E-state index in [9.17, 15) is 9.18 Å². The maximum Gasteiger partial charge on any atom is 0.255 e. The molecule has 1 heterocycles. The maximum atomic E-state index is 13.0. The first-order chi connectivity index (χ1) is 15.5. The lowest BCUT2D eigenvalue weighted by Gasteiger charge is -2.10. The molecule has 0 spiro atoms. The van der Waals surface area contributed by atoms with E-state index >= 15 is 0 Å². The van der Waals surface area contributed by atoms with Gasteiger partial charge in [0.2, 0.25) is 11.8 Å². The topological polar surface area (TPSA) is 90.1 Å². The summed E-state index contributed by atoms with van der Waals surface area (Å²) in [4.78, 5) is 21.1. The Morgan fingerprint density at radius 2 is 1.72 bits per heavy atom. The molecule has 1 amide bonds. The van der Waals surface area contributed by atoms with Crippen molar-refractivity contribution in [1.82, 2.24) is 9.97 Å². The minimum absolute atomic E-state index is 0.188. The predicted molar refractivity (Wildman–Crippen MR) is 122 cm³/mol. The number of amides is 1. The van der Waals surface area contributed by atoms with E-state index in [2.05, 4.69) is 15.3 Å². The molecular formula is C25H21FN4O2. The normalized spacial score (nSPS) is 13.2. The summed E-state index contributed by atoms with van der Waals surface area (Å²) in [5.74, 6) is 0.667. The molecule has 0 bridgehead atoms. The lowest BCUT2D eigenvalue weighted by molar-refractivity contribution is 0.102. The summed E-state index contributed by atoms with van der Waals surface area (Å²) in [5, 5.41) is 3.56. The molecule has 0 atom stereocenters. The Kier molecular flexibility index (Phi) is 5.15. The first-order valence-electron chi connectivity index (χ1n) is 10.4. The van der Waals surface area contributed by atoms with Gasteiger partial charge in [0.25, 0.3) is 5.91 Å². The molecule has 5 rings (SSSR count). The Hall–Kier alpha value is -4.00. The van der Waals surface area contributed by atoms with E-state index in [-0.39, 0.29) is 17.7 Å². The second-order valence-electron chi connectivity index (χ2n) is 7.91. The van der Waals surface area contributed by atoms with Crippen molar-refractivity contribution in [1.29, 1.82) is 0 Å². The van der Waals surface area contributed by atoms with Crippen LogP contribution in [0.1, 0.15) is 23.2 Å². The number of ether oxygens (including phenoxy) is 1. The quantitative estimate of drug-likeness (QED) is 0.448. The molecule has 1 aliphatic rings. The van der Waals surface area contributed by atoms with Gasteiger partial charge >= 0.3 is 0 Å². The summed E-state index contributed by atoms with van der Waals surface area (Å²) in [5.41, 5.74) is 9.50. The van der Waals surface area contributed by atoms with Gasteiger partial charge in [0.05, 0.1) is 17.5 Å². The van der Waals surface area contributed by atoms with Crippen molar-refractivity contribution in [3.8, 4) is 17.0 Å². The Labute approximate surface area is 184 Å². The van der Waals surface area contributed by atoms with Gasteiger partial charge in [-0.25, -0.2) is 9.37 Å². The maximum absolute atomic E-state index is 13.0. The number of nitrogens with zero attached hydrogens (tertiary/aromatic N) is 2. The zero-order chi connectivity index (χ0) is 22.1. The predicted octanol–water partition coefficient (Wildman–Crippen LogP) is 5.06. The molecule has 1 aliphatic carbocycles. The van der Waals surface area contributed by atoms with Gasteiger partial charge in [-0.1, -0.05) is 18.2 Å². The summed E-state index contributed by atoms with van der Waals surface area (Å²) < 4.78 is 19.0. The van der Waals surface area contributed by atoms with E-state index < -0.39 is 0 Å². The van der Waals surface area contributed by atoms with Crippen molar-refractivity contribution in [2.45, 2.75) is 12.8 Å². The average Bonchev–Trinajstić information content (AvgIpc) is 3.63. The van der Waals surface area contributed by atoms with Crippen molar-refractivity contribution in [2.75, 3.05) is 17.7 Å². The van der Waals surface area contributed by atoms with Gasteiger partial charge in [-0.3, -0.25) is 4.79 Å². The highest BCUT2D eigenvalue weighted by atomic mass is 19.1. The molecule has 3 N–H and O–H groups in total. The van der Waals surface area contributed by atoms with Gasteiger partial charge in [0, 0.05) is 11.3 Å². The third-order valence-electron chi connectivity index (χ3n) is 5.41. The number of halogens is 1.